The molecule has 0 aromatic heterocycles. The predicted octanol–water partition coefficient (Wildman–Crippen LogP) is 4.67. The van der Waals surface area contributed by atoms with Crippen molar-refractivity contribution in [2.24, 2.45) is 0 Å². The standard InChI is InChI=1S/C29H24O8/c30-17-4-1-14(2-5-17)27-24(35)13-21-25(36-27)8-6-20-26(16-9-18(31)12-19(32)10-16)28(37-29(20)21)15-3-7-22(33)23(34)11-15/h1-5,7-13,24,26-28,30-35H,6H2/t24-,26?,27+,28?/m0/s1. The summed E-state index contributed by atoms with van der Waals surface area (Å²) in [5.41, 5.74) is 3.34. The highest BCUT2D eigenvalue weighted by atomic mass is 16.5. The van der Waals surface area contributed by atoms with Crippen molar-refractivity contribution in [3.05, 3.63) is 112 Å². The summed E-state index contributed by atoms with van der Waals surface area (Å²) in [6, 6.07) is 15.2. The molecule has 0 spiro atoms. The van der Waals surface area contributed by atoms with Gasteiger partial charge in [0, 0.05) is 6.07 Å². The third-order valence-electron chi connectivity index (χ3n) is 6.97. The van der Waals surface area contributed by atoms with Crippen LogP contribution in [0.5, 0.6) is 28.7 Å². The Kier molecular flexibility index (Phi) is 5.27. The van der Waals surface area contributed by atoms with E-state index in [2.05, 4.69) is 0 Å². The number of hydrogen-bond acceptors (Lipinski definition) is 8. The maximum Gasteiger partial charge on any atom is 0.157 e. The molecule has 3 aliphatic rings. The maximum atomic E-state index is 11.0. The fourth-order valence-corrected chi connectivity index (χ4v) is 5.29. The summed E-state index contributed by atoms with van der Waals surface area (Å²) in [7, 11) is 0. The Labute approximate surface area is 211 Å². The summed E-state index contributed by atoms with van der Waals surface area (Å²) in [6.07, 6.45) is 1.71. The van der Waals surface area contributed by atoms with Crippen molar-refractivity contribution in [1.82, 2.24) is 0 Å². The Hall–Kier alpha value is -4.56. The molecule has 2 aliphatic heterocycles. The summed E-state index contributed by atoms with van der Waals surface area (Å²) in [5, 5.41) is 60.9. The zero-order valence-electron chi connectivity index (χ0n) is 19.4. The summed E-state index contributed by atoms with van der Waals surface area (Å²) in [5.74, 6) is -0.0165. The highest BCUT2D eigenvalue weighted by Crippen LogP contribution is 2.55. The number of fused-ring (bicyclic) bond motifs is 2. The van der Waals surface area contributed by atoms with Crippen LogP contribution in [0.15, 0.2) is 95.5 Å². The van der Waals surface area contributed by atoms with Crippen molar-refractivity contribution in [3.63, 3.8) is 0 Å². The van der Waals surface area contributed by atoms with E-state index in [9.17, 15) is 30.6 Å². The zero-order chi connectivity index (χ0) is 25.8. The lowest BCUT2D eigenvalue weighted by Crippen LogP contribution is -2.26. The number of hydrogen-bond donors (Lipinski definition) is 6. The molecule has 188 valence electrons. The Morgan fingerprint density at radius 3 is 2.05 bits per heavy atom. The van der Waals surface area contributed by atoms with Gasteiger partial charge in [-0.15, -0.1) is 0 Å². The molecule has 0 saturated carbocycles. The third-order valence-corrected chi connectivity index (χ3v) is 6.97. The van der Waals surface area contributed by atoms with Gasteiger partial charge in [-0.25, -0.2) is 0 Å². The normalized spacial score (nSPS) is 24.4. The van der Waals surface area contributed by atoms with E-state index in [1.165, 1.54) is 30.3 Å². The molecule has 2 heterocycles. The highest BCUT2D eigenvalue weighted by molar-refractivity contribution is 5.57. The van der Waals surface area contributed by atoms with Gasteiger partial charge in [0.05, 0.1) is 11.5 Å². The third kappa shape index (κ3) is 3.91. The molecule has 1 aliphatic carbocycles. The van der Waals surface area contributed by atoms with E-state index in [1.807, 2.05) is 6.08 Å². The second-order valence-corrected chi connectivity index (χ2v) is 9.37. The number of ether oxygens (including phenoxy) is 2. The molecule has 6 N–H and O–H groups in total. The molecule has 0 radical (unpaired) electrons. The van der Waals surface area contributed by atoms with Crippen molar-refractivity contribution in [3.8, 4) is 28.7 Å². The topological polar surface area (TPSA) is 140 Å². The van der Waals surface area contributed by atoms with Crippen molar-refractivity contribution in [2.45, 2.75) is 30.7 Å². The van der Waals surface area contributed by atoms with Crippen LogP contribution in [0.1, 0.15) is 41.2 Å². The number of aliphatic hydroxyl groups is 1. The Morgan fingerprint density at radius 1 is 0.649 bits per heavy atom. The van der Waals surface area contributed by atoms with Gasteiger partial charge in [-0.05, 0) is 77.2 Å². The van der Waals surface area contributed by atoms with Gasteiger partial charge in [-0.1, -0.05) is 18.2 Å². The van der Waals surface area contributed by atoms with Crippen molar-refractivity contribution < 1.29 is 40.1 Å². The van der Waals surface area contributed by atoms with Gasteiger partial charge in [0.1, 0.15) is 41.0 Å². The molecule has 0 saturated heterocycles. The van der Waals surface area contributed by atoms with Gasteiger partial charge in [0.25, 0.3) is 0 Å². The molecule has 3 aromatic rings. The van der Waals surface area contributed by atoms with Gasteiger partial charge in [0.2, 0.25) is 0 Å². The molecule has 2 unspecified atom stereocenters. The Morgan fingerprint density at radius 2 is 1.35 bits per heavy atom. The minimum atomic E-state index is -0.993. The number of benzene rings is 3. The first-order valence-electron chi connectivity index (χ1n) is 11.8. The molecule has 0 fully saturated rings. The molecule has 8 heteroatoms. The first-order valence-corrected chi connectivity index (χ1v) is 11.8. The van der Waals surface area contributed by atoms with Crippen LogP contribution in [0.3, 0.4) is 0 Å². The average Bonchev–Trinajstić information content (AvgIpc) is 3.25. The van der Waals surface area contributed by atoms with Crippen LogP contribution in [0.2, 0.25) is 0 Å². The zero-order valence-corrected chi connectivity index (χ0v) is 19.4. The van der Waals surface area contributed by atoms with Crippen LogP contribution in [0.4, 0.5) is 0 Å². The molecular weight excluding hydrogens is 476 g/mol. The fourth-order valence-electron chi connectivity index (χ4n) is 5.29. The number of aliphatic hydroxyl groups excluding tert-OH is 1. The van der Waals surface area contributed by atoms with E-state index in [0.29, 0.717) is 40.2 Å². The largest absolute Gasteiger partial charge is 0.508 e. The van der Waals surface area contributed by atoms with Gasteiger partial charge in [0.15, 0.2) is 17.6 Å². The molecule has 8 nitrogen and oxygen atoms in total. The first-order chi connectivity index (χ1) is 17.8. The number of allylic oxidation sites excluding steroid dienone is 1. The van der Waals surface area contributed by atoms with Crippen LogP contribution in [-0.4, -0.2) is 36.7 Å². The lowest BCUT2D eigenvalue weighted by atomic mass is 9.80. The van der Waals surface area contributed by atoms with Crippen LogP contribution in [0.25, 0.3) is 0 Å². The highest BCUT2D eigenvalue weighted by Gasteiger charge is 2.44. The lowest BCUT2D eigenvalue weighted by Gasteiger charge is -2.32. The first kappa shape index (κ1) is 22.9. The number of aromatic hydroxyl groups is 5. The van der Waals surface area contributed by atoms with Gasteiger partial charge in [-0.3, -0.25) is 0 Å². The monoisotopic (exact) mass is 500 g/mol. The minimum absolute atomic E-state index is 0.101. The second-order valence-electron chi connectivity index (χ2n) is 9.37. The van der Waals surface area contributed by atoms with Gasteiger partial charge < -0.3 is 40.1 Å². The molecule has 4 atom stereocenters. The second kappa shape index (κ2) is 8.53. The SMILES string of the molecule is Oc1ccc([C@H]2OC3=CCC4=C(OC(c5ccc(O)c(O)c5)C4c4cc(O)cc(O)c4)C3=C[C@@H]2O)cc1. The molecular formula is C29H24O8. The van der Waals surface area contributed by atoms with Crippen molar-refractivity contribution >= 4 is 0 Å². The summed E-state index contributed by atoms with van der Waals surface area (Å²) in [4.78, 5) is 0. The smallest absolute Gasteiger partial charge is 0.157 e. The van der Waals surface area contributed by atoms with E-state index < -0.39 is 24.2 Å². The lowest BCUT2D eigenvalue weighted by molar-refractivity contribution is 0.00924. The molecule has 37 heavy (non-hydrogen) atoms. The van der Waals surface area contributed by atoms with Crippen molar-refractivity contribution in [2.75, 3.05) is 0 Å². The van der Waals surface area contributed by atoms with E-state index in [4.69, 9.17) is 9.47 Å². The maximum absolute atomic E-state index is 11.0. The predicted molar refractivity (Wildman–Crippen MR) is 132 cm³/mol. The molecule has 0 bridgehead atoms. The van der Waals surface area contributed by atoms with Crippen LogP contribution in [0, 0.1) is 0 Å². The number of phenols is 5. The van der Waals surface area contributed by atoms with Crippen LogP contribution < -0.4 is 0 Å². The quantitative estimate of drug-likeness (QED) is 0.285. The minimum Gasteiger partial charge on any atom is -0.508 e. The van der Waals surface area contributed by atoms with E-state index >= 15 is 0 Å². The number of phenolic OH excluding ortho intramolecular Hbond substituents is 5. The van der Waals surface area contributed by atoms with E-state index in [0.717, 1.165) is 5.57 Å². The Balaban J connectivity index is 1.43. The van der Waals surface area contributed by atoms with Crippen LogP contribution >= 0.6 is 0 Å². The van der Waals surface area contributed by atoms with Gasteiger partial charge in [-0.2, -0.15) is 0 Å². The number of rotatable bonds is 3. The molecule has 0 amide bonds. The summed E-state index contributed by atoms with van der Waals surface area (Å²) < 4.78 is 12.6. The van der Waals surface area contributed by atoms with E-state index in [-0.39, 0.29) is 28.7 Å². The molecule has 3 aromatic carbocycles. The van der Waals surface area contributed by atoms with Gasteiger partial charge >= 0.3 is 0 Å². The van der Waals surface area contributed by atoms with Crippen molar-refractivity contribution in [1.29, 1.82) is 0 Å². The molecule has 6 rings (SSSR count). The van der Waals surface area contributed by atoms with E-state index in [1.54, 1.807) is 36.4 Å². The summed E-state index contributed by atoms with van der Waals surface area (Å²) >= 11 is 0. The Bertz CT molecular complexity index is 1460. The average molecular weight is 501 g/mol. The van der Waals surface area contributed by atoms with Crippen LogP contribution in [-0.2, 0) is 9.47 Å². The summed E-state index contributed by atoms with van der Waals surface area (Å²) in [6.45, 7) is 0. The fraction of sp³-hybridized carbons (Fsp3) is 0.172.